The van der Waals surface area contributed by atoms with Crippen molar-refractivity contribution in [3.63, 3.8) is 0 Å². The van der Waals surface area contributed by atoms with Gasteiger partial charge < -0.3 is 10.2 Å². The maximum Gasteiger partial charge on any atom is 2.00 e. The maximum atomic E-state index is 9.53. The van der Waals surface area contributed by atoms with Crippen molar-refractivity contribution < 1.29 is 31.9 Å². The maximum absolute atomic E-state index is 9.53. The van der Waals surface area contributed by atoms with Gasteiger partial charge in [-0.2, -0.15) is 0 Å². The minimum absolute atomic E-state index is 0. The zero-order valence-electron chi connectivity index (χ0n) is 22.9. The average molecular weight is 513 g/mol. The summed E-state index contributed by atoms with van der Waals surface area (Å²) in [5.41, 5.74) is 3.48. The first-order valence-corrected chi connectivity index (χ1v) is 14.5. The molecule has 1 aliphatic rings. The Labute approximate surface area is 217 Å². The van der Waals surface area contributed by atoms with Gasteiger partial charge in [0.2, 0.25) is 0 Å². The standard InChI is InChI=1S/C17H35P.2C3H7O.C3H9P.Ti/c1-5-7-11-17(12-8-6-2)13-9-10-16(14-17)18-15(3)4;3*1-3(2)4;/h15-16,18H,5-14H2,1-4H3;2*3H,1-2H3;3H,4H2,1-2H3;/q;2*-1;;+2. The van der Waals surface area contributed by atoms with Crippen LogP contribution in [0.25, 0.3) is 0 Å². The van der Waals surface area contributed by atoms with Crippen molar-refractivity contribution in [3.8, 4) is 0 Å². The zero-order chi connectivity index (χ0) is 24.2. The molecule has 0 aromatic heterocycles. The second kappa shape index (κ2) is 26.1. The SMILES string of the molecule is CC(C)P.CC(C)[O-].CC(C)[O-].CCCCC1(CCCC)CCCC(PC(C)C)C1.[Ti+2]. The van der Waals surface area contributed by atoms with Gasteiger partial charge in [-0.15, -0.1) is 30.0 Å². The molecule has 3 unspecified atom stereocenters. The molecule has 188 valence electrons. The van der Waals surface area contributed by atoms with Gasteiger partial charge in [0.25, 0.3) is 0 Å². The minimum atomic E-state index is -0.417. The summed E-state index contributed by atoms with van der Waals surface area (Å²) in [5, 5.41) is 19.1. The molecule has 1 aliphatic carbocycles. The molecule has 1 saturated carbocycles. The molecule has 3 atom stereocenters. The third-order valence-corrected chi connectivity index (χ3v) is 6.26. The Bertz CT molecular complexity index is 307. The van der Waals surface area contributed by atoms with E-state index in [-0.39, 0.29) is 21.7 Å². The summed E-state index contributed by atoms with van der Waals surface area (Å²) in [6.07, 6.45) is 14.0. The molecule has 0 aliphatic heterocycles. The Balaban J connectivity index is -0.000000232. The van der Waals surface area contributed by atoms with Crippen LogP contribution in [0.2, 0.25) is 0 Å². The predicted octanol–water partition coefficient (Wildman–Crippen LogP) is 7.16. The van der Waals surface area contributed by atoms with E-state index in [4.69, 9.17) is 0 Å². The van der Waals surface area contributed by atoms with E-state index >= 15 is 0 Å². The largest absolute Gasteiger partial charge is 2.00 e. The Morgan fingerprint density at radius 2 is 1.23 bits per heavy atom. The Morgan fingerprint density at radius 3 is 1.52 bits per heavy atom. The molecule has 1 rings (SSSR count). The van der Waals surface area contributed by atoms with Gasteiger partial charge in [-0.3, -0.25) is 0 Å². The fourth-order valence-corrected chi connectivity index (χ4v) is 5.61. The van der Waals surface area contributed by atoms with E-state index in [1.807, 2.05) is 0 Å². The van der Waals surface area contributed by atoms with Crippen LogP contribution in [0, 0.1) is 5.41 Å². The van der Waals surface area contributed by atoms with Crippen LogP contribution in [-0.4, -0.2) is 29.2 Å². The van der Waals surface area contributed by atoms with Crippen molar-refractivity contribution in [2.24, 2.45) is 5.41 Å². The van der Waals surface area contributed by atoms with Gasteiger partial charge in [-0.25, -0.2) is 0 Å². The fourth-order valence-electron chi connectivity index (χ4n) is 3.75. The number of hydrogen-bond donors (Lipinski definition) is 0. The van der Waals surface area contributed by atoms with Crippen molar-refractivity contribution in [1.82, 2.24) is 0 Å². The van der Waals surface area contributed by atoms with E-state index in [1.54, 1.807) is 34.1 Å². The molecule has 0 aromatic carbocycles. The molecule has 31 heavy (non-hydrogen) atoms. The summed E-state index contributed by atoms with van der Waals surface area (Å²) in [4.78, 5) is 0. The van der Waals surface area contributed by atoms with E-state index in [0.717, 1.165) is 22.4 Å². The van der Waals surface area contributed by atoms with Crippen LogP contribution in [0.15, 0.2) is 0 Å². The van der Waals surface area contributed by atoms with E-state index < -0.39 is 12.2 Å². The van der Waals surface area contributed by atoms with Crippen LogP contribution in [-0.2, 0) is 21.7 Å². The van der Waals surface area contributed by atoms with Crippen molar-refractivity contribution in [1.29, 1.82) is 0 Å². The van der Waals surface area contributed by atoms with Crippen molar-refractivity contribution in [2.45, 2.75) is 163 Å². The molecule has 0 aromatic rings. The first kappa shape index (κ1) is 39.7. The van der Waals surface area contributed by atoms with E-state index in [9.17, 15) is 10.2 Å². The van der Waals surface area contributed by atoms with Gasteiger partial charge in [-0.1, -0.05) is 101 Å². The quantitative estimate of drug-likeness (QED) is 0.256. The second-order valence-electron chi connectivity index (χ2n) is 10.2. The first-order chi connectivity index (χ1) is 13.8. The molecule has 0 saturated heterocycles. The van der Waals surface area contributed by atoms with E-state index in [2.05, 4.69) is 50.8 Å². The molecule has 0 bridgehead atoms. The molecular weight excluding hydrogens is 454 g/mol. The Kier molecular flexibility index (Phi) is 33.4. The van der Waals surface area contributed by atoms with Gasteiger partial charge in [-0.05, 0) is 54.5 Å². The third kappa shape index (κ3) is 36.2. The summed E-state index contributed by atoms with van der Waals surface area (Å²) < 4.78 is 0. The van der Waals surface area contributed by atoms with Gasteiger partial charge in [0, 0.05) is 0 Å². The van der Waals surface area contributed by atoms with E-state index in [1.165, 1.54) is 66.4 Å². The summed E-state index contributed by atoms with van der Waals surface area (Å²) in [7, 11) is 3.87. The predicted molar refractivity (Wildman–Crippen MR) is 142 cm³/mol. The number of unbranched alkanes of at least 4 members (excludes halogenated alkanes) is 2. The molecule has 1 fully saturated rings. The normalized spacial score (nSPS) is 17.5. The van der Waals surface area contributed by atoms with Gasteiger partial charge in [0.15, 0.2) is 0 Å². The molecule has 2 nitrogen and oxygen atoms in total. The van der Waals surface area contributed by atoms with Crippen LogP contribution < -0.4 is 10.2 Å². The number of hydrogen-bond acceptors (Lipinski definition) is 2. The van der Waals surface area contributed by atoms with Crippen LogP contribution >= 0.6 is 17.8 Å². The Hall–Kier alpha value is 1.49. The van der Waals surface area contributed by atoms with Gasteiger partial charge >= 0.3 is 21.7 Å². The van der Waals surface area contributed by atoms with Crippen molar-refractivity contribution in [2.75, 3.05) is 0 Å². The summed E-state index contributed by atoms with van der Waals surface area (Å²) in [6.45, 7) is 20.2. The summed E-state index contributed by atoms with van der Waals surface area (Å²) in [6, 6.07) is 0. The minimum Gasteiger partial charge on any atom is -0.852 e. The fraction of sp³-hybridized carbons (Fsp3) is 1.00. The topological polar surface area (TPSA) is 46.1 Å². The van der Waals surface area contributed by atoms with Crippen LogP contribution in [0.1, 0.15) is 133 Å². The molecule has 0 heterocycles. The smallest absolute Gasteiger partial charge is 0.852 e. The zero-order valence-corrected chi connectivity index (χ0v) is 26.6. The van der Waals surface area contributed by atoms with Gasteiger partial charge in [0.05, 0.1) is 0 Å². The monoisotopic (exact) mass is 512 g/mol. The molecule has 0 spiro atoms. The first-order valence-electron chi connectivity index (χ1n) is 12.6. The second-order valence-corrected chi connectivity index (χ2v) is 13.8. The third-order valence-electron chi connectivity index (χ3n) is 4.63. The summed E-state index contributed by atoms with van der Waals surface area (Å²) in [5.74, 6) is 0. The van der Waals surface area contributed by atoms with Crippen LogP contribution in [0.5, 0.6) is 0 Å². The van der Waals surface area contributed by atoms with Gasteiger partial charge in [0.1, 0.15) is 0 Å². The average Bonchev–Trinajstić information content (AvgIpc) is 2.56. The van der Waals surface area contributed by atoms with E-state index in [0.29, 0.717) is 0 Å². The molecule has 0 amide bonds. The summed E-state index contributed by atoms with van der Waals surface area (Å²) >= 11 is 0. The molecule has 0 radical (unpaired) electrons. The Morgan fingerprint density at radius 1 is 0.871 bits per heavy atom. The molecule has 0 N–H and O–H groups in total. The van der Waals surface area contributed by atoms with Crippen LogP contribution in [0.3, 0.4) is 0 Å². The molecule has 5 heteroatoms. The van der Waals surface area contributed by atoms with Crippen molar-refractivity contribution >= 4 is 17.8 Å². The van der Waals surface area contributed by atoms with Crippen molar-refractivity contribution in [3.05, 3.63) is 0 Å². The van der Waals surface area contributed by atoms with Crippen LogP contribution in [0.4, 0.5) is 0 Å². The number of rotatable bonds is 8. The molecular formula is C26H58O2P2Ti.